The van der Waals surface area contributed by atoms with E-state index >= 15 is 0 Å². The zero-order valence-corrected chi connectivity index (χ0v) is 17.8. The molecule has 3 aromatic heterocycles. The molecule has 0 fully saturated rings. The molecule has 0 aliphatic rings. The molecular weight excluding hydrogens is 402 g/mol. The van der Waals surface area contributed by atoms with Crippen molar-refractivity contribution in [3.05, 3.63) is 59.8 Å². The predicted octanol–water partition coefficient (Wildman–Crippen LogP) is 4.56. The number of hydrogen-bond acceptors (Lipinski definition) is 7. The zero-order chi connectivity index (χ0) is 21.1. The molecule has 9 heteroatoms. The second-order valence-corrected chi connectivity index (χ2v) is 7.44. The van der Waals surface area contributed by atoms with Gasteiger partial charge in [0.05, 0.1) is 11.6 Å². The third kappa shape index (κ3) is 3.91. The van der Waals surface area contributed by atoms with E-state index in [2.05, 4.69) is 44.1 Å². The van der Waals surface area contributed by atoms with Crippen LogP contribution in [-0.2, 0) is 7.05 Å². The molecule has 1 unspecified atom stereocenters. The van der Waals surface area contributed by atoms with Gasteiger partial charge in [0.1, 0.15) is 12.0 Å². The summed E-state index contributed by atoms with van der Waals surface area (Å²) in [5.41, 5.74) is 2.51. The van der Waals surface area contributed by atoms with Crippen molar-refractivity contribution >= 4 is 17.5 Å². The summed E-state index contributed by atoms with van der Waals surface area (Å²) >= 11 is 6.11. The summed E-state index contributed by atoms with van der Waals surface area (Å²) in [5, 5.41) is 13.8. The van der Waals surface area contributed by atoms with Crippen LogP contribution < -0.4 is 4.90 Å². The number of halogens is 1. The lowest BCUT2D eigenvalue weighted by atomic mass is 10.1. The Balaban J connectivity index is 1.65. The highest BCUT2D eigenvalue weighted by Crippen LogP contribution is 2.30. The number of hydrogen-bond donors (Lipinski definition) is 0. The first-order valence-electron chi connectivity index (χ1n) is 9.72. The molecule has 0 radical (unpaired) electrons. The maximum Gasteiger partial charge on any atom is 0.227 e. The quantitative estimate of drug-likeness (QED) is 0.430. The average Bonchev–Trinajstić information content (AvgIpc) is 3.40. The molecule has 0 bridgehead atoms. The van der Waals surface area contributed by atoms with Gasteiger partial charge in [0.25, 0.3) is 0 Å². The molecule has 0 amide bonds. The normalized spacial score (nSPS) is 12.1. The van der Waals surface area contributed by atoms with Crippen molar-refractivity contribution in [2.45, 2.75) is 26.3 Å². The van der Waals surface area contributed by atoms with E-state index in [0.29, 0.717) is 16.6 Å². The van der Waals surface area contributed by atoms with Crippen LogP contribution in [-0.4, -0.2) is 36.4 Å². The van der Waals surface area contributed by atoms with Crippen molar-refractivity contribution < 1.29 is 4.52 Å². The van der Waals surface area contributed by atoms with E-state index < -0.39 is 0 Å². The highest BCUT2D eigenvalue weighted by Gasteiger charge is 2.25. The van der Waals surface area contributed by atoms with Gasteiger partial charge in [-0.2, -0.15) is 0 Å². The molecule has 0 spiro atoms. The third-order valence-corrected chi connectivity index (χ3v) is 5.16. The smallest absolute Gasteiger partial charge is 0.227 e. The lowest BCUT2D eigenvalue weighted by Gasteiger charge is -2.28. The van der Waals surface area contributed by atoms with Crippen LogP contribution in [0.2, 0.25) is 5.02 Å². The Hall–Kier alpha value is -3.26. The average molecular weight is 424 g/mol. The molecule has 154 valence electrons. The highest BCUT2D eigenvalue weighted by atomic mass is 35.5. The number of nitrogens with zero attached hydrogens (tertiary/aromatic N) is 7. The first-order valence-corrected chi connectivity index (χ1v) is 10.1. The van der Waals surface area contributed by atoms with Gasteiger partial charge in [0.2, 0.25) is 5.95 Å². The van der Waals surface area contributed by atoms with E-state index in [1.807, 2.05) is 41.9 Å². The minimum absolute atomic E-state index is 0.0654. The van der Waals surface area contributed by atoms with E-state index in [0.717, 1.165) is 35.7 Å². The SMILES string of the molecule is CCCN(c1nnc(-c2cncnc2)n1C)C(C)c1cc(-c2cccc(Cl)c2)on1. The molecule has 0 aliphatic carbocycles. The van der Waals surface area contributed by atoms with Crippen LogP contribution >= 0.6 is 11.6 Å². The maximum atomic E-state index is 6.11. The minimum atomic E-state index is -0.0654. The molecule has 4 aromatic rings. The lowest BCUT2D eigenvalue weighted by molar-refractivity contribution is 0.415. The predicted molar refractivity (Wildman–Crippen MR) is 115 cm³/mol. The number of rotatable bonds is 7. The monoisotopic (exact) mass is 423 g/mol. The Labute approximate surface area is 179 Å². The van der Waals surface area contributed by atoms with E-state index in [-0.39, 0.29) is 6.04 Å². The molecule has 0 saturated carbocycles. The number of benzene rings is 1. The number of anilines is 1. The van der Waals surface area contributed by atoms with E-state index in [1.54, 1.807) is 12.4 Å². The Morgan fingerprint density at radius 3 is 2.67 bits per heavy atom. The first kappa shape index (κ1) is 20.0. The van der Waals surface area contributed by atoms with Gasteiger partial charge in [0.15, 0.2) is 11.6 Å². The van der Waals surface area contributed by atoms with E-state index in [4.69, 9.17) is 16.1 Å². The lowest BCUT2D eigenvalue weighted by Crippen LogP contribution is -2.30. The largest absolute Gasteiger partial charge is 0.356 e. The van der Waals surface area contributed by atoms with Gasteiger partial charge >= 0.3 is 0 Å². The Bertz CT molecular complexity index is 1130. The van der Waals surface area contributed by atoms with Crippen LogP contribution in [0.25, 0.3) is 22.7 Å². The Morgan fingerprint density at radius 2 is 1.93 bits per heavy atom. The van der Waals surface area contributed by atoms with Gasteiger partial charge in [-0.1, -0.05) is 35.8 Å². The molecule has 4 rings (SSSR count). The summed E-state index contributed by atoms with van der Waals surface area (Å²) < 4.78 is 7.55. The molecule has 0 N–H and O–H groups in total. The zero-order valence-electron chi connectivity index (χ0n) is 17.0. The molecule has 3 heterocycles. The maximum absolute atomic E-state index is 6.11. The molecular formula is C21H22ClN7O. The van der Waals surface area contributed by atoms with Gasteiger partial charge in [-0.3, -0.25) is 4.57 Å². The minimum Gasteiger partial charge on any atom is -0.356 e. The fourth-order valence-corrected chi connectivity index (χ4v) is 3.56. The highest BCUT2D eigenvalue weighted by molar-refractivity contribution is 6.30. The summed E-state index contributed by atoms with van der Waals surface area (Å²) in [5.74, 6) is 2.13. The van der Waals surface area contributed by atoms with Crippen LogP contribution in [0.1, 0.15) is 32.0 Å². The van der Waals surface area contributed by atoms with Crippen LogP contribution in [0.4, 0.5) is 5.95 Å². The van der Waals surface area contributed by atoms with Gasteiger partial charge in [-0.25, -0.2) is 9.97 Å². The molecule has 1 aromatic carbocycles. The summed E-state index contributed by atoms with van der Waals surface area (Å²) in [6, 6.07) is 9.41. The van der Waals surface area contributed by atoms with Crippen molar-refractivity contribution in [1.82, 2.24) is 29.9 Å². The Kier molecular flexibility index (Phi) is 5.76. The topological polar surface area (TPSA) is 85.8 Å². The molecule has 0 saturated heterocycles. The second kappa shape index (κ2) is 8.62. The fourth-order valence-electron chi connectivity index (χ4n) is 3.37. The summed E-state index contributed by atoms with van der Waals surface area (Å²) in [6.45, 7) is 5.00. The van der Waals surface area contributed by atoms with Gasteiger partial charge in [-0.15, -0.1) is 10.2 Å². The third-order valence-electron chi connectivity index (χ3n) is 4.93. The molecule has 1 atom stereocenters. The molecule has 30 heavy (non-hydrogen) atoms. The fraction of sp³-hybridized carbons (Fsp3) is 0.286. The summed E-state index contributed by atoms with van der Waals surface area (Å²) in [6.07, 6.45) is 5.89. The molecule has 8 nitrogen and oxygen atoms in total. The first-order chi connectivity index (χ1) is 14.6. The van der Waals surface area contributed by atoms with Crippen molar-refractivity contribution in [3.63, 3.8) is 0 Å². The van der Waals surface area contributed by atoms with Crippen molar-refractivity contribution in [3.8, 4) is 22.7 Å². The van der Waals surface area contributed by atoms with Crippen molar-refractivity contribution in [2.24, 2.45) is 7.05 Å². The van der Waals surface area contributed by atoms with E-state index in [9.17, 15) is 0 Å². The van der Waals surface area contributed by atoms with Crippen LogP contribution in [0.5, 0.6) is 0 Å². The molecule has 0 aliphatic heterocycles. The Morgan fingerprint density at radius 1 is 1.13 bits per heavy atom. The van der Waals surface area contributed by atoms with Crippen molar-refractivity contribution in [2.75, 3.05) is 11.4 Å². The standard InChI is InChI=1S/C21H22ClN7O/c1-4-8-29(21-26-25-20(28(21)3)16-11-23-13-24-12-16)14(2)18-10-19(30-27-18)15-6-5-7-17(22)9-15/h5-7,9-14H,4,8H2,1-3H3. The van der Waals surface area contributed by atoms with E-state index in [1.165, 1.54) is 6.33 Å². The summed E-state index contributed by atoms with van der Waals surface area (Å²) in [4.78, 5) is 10.3. The van der Waals surface area contributed by atoms with Crippen LogP contribution in [0, 0.1) is 0 Å². The second-order valence-electron chi connectivity index (χ2n) is 7.01. The number of aromatic nitrogens is 6. The van der Waals surface area contributed by atoms with Crippen molar-refractivity contribution in [1.29, 1.82) is 0 Å². The van der Waals surface area contributed by atoms with Gasteiger partial charge in [0, 0.05) is 42.6 Å². The van der Waals surface area contributed by atoms with Crippen LogP contribution in [0.15, 0.2) is 53.6 Å². The van der Waals surface area contributed by atoms with Crippen LogP contribution in [0.3, 0.4) is 0 Å². The van der Waals surface area contributed by atoms with Gasteiger partial charge < -0.3 is 9.42 Å². The summed E-state index contributed by atoms with van der Waals surface area (Å²) in [7, 11) is 1.94. The van der Waals surface area contributed by atoms with Gasteiger partial charge in [-0.05, 0) is 25.5 Å².